The smallest absolute Gasteiger partial charge is 0.254 e. The molecule has 1 amide bonds. The third-order valence-corrected chi connectivity index (χ3v) is 6.51. The average molecular weight is 449 g/mol. The van der Waals surface area contributed by atoms with Crippen molar-refractivity contribution in [2.45, 2.75) is 33.4 Å². The Hall–Kier alpha value is -3.39. The monoisotopic (exact) mass is 448 g/mol. The van der Waals surface area contributed by atoms with Gasteiger partial charge in [-0.1, -0.05) is 6.07 Å². The van der Waals surface area contributed by atoms with Crippen LogP contribution in [0.25, 0.3) is 21.6 Å². The van der Waals surface area contributed by atoms with Crippen molar-refractivity contribution in [3.63, 3.8) is 0 Å². The summed E-state index contributed by atoms with van der Waals surface area (Å²) < 4.78 is 12.7. The fourth-order valence-corrected chi connectivity index (χ4v) is 4.69. The summed E-state index contributed by atoms with van der Waals surface area (Å²) in [5.41, 5.74) is 3.09. The molecule has 0 N–H and O–H groups in total. The number of benzene rings is 1. The van der Waals surface area contributed by atoms with E-state index in [0.717, 1.165) is 32.9 Å². The number of hydrogen-bond donors (Lipinski definition) is 0. The highest BCUT2D eigenvalue weighted by atomic mass is 32.1. The highest BCUT2D eigenvalue weighted by Gasteiger charge is 2.22. The minimum atomic E-state index is -0.0760. The molecule has 1 aliphatic heterocycles. The van der Waals surface area contributed by atoms with Crippen LogP contribution < -0.4 is 9.47 Å². The number of pyridine rings is 1. The lowest BCUT2D eigenvalue weighted by Gasteiger charge is -2.19. The third kappa shape index (κ3) is 3.60. The molecule has 1 aromatic carbocycles. The Kier molecular flexibility index (Phi) is 5.09. The highest BCUT2D eigenvalue weighted by Crippen LogP contribution is 2.34. The lowest BCUT2D eigenvalue weighted by atomic mass is 10.1. The fourth-order valence-electron chi connectivity index (χ4n) is 3.86. The molecule has 0 spiro atoms. The van der Waals surface area contributed by atoms with Gasteiger partial charge >= 0.3 is 0 Å². The van der Waals surface area contributed by atoms with Crippen molar-refractivity contribution in [2.24, 2.45) is 0 Å². The molecule has 0 saturated carbocycles. The van der Waals surface area contributed by atoms with Gasteiger partial charge in [0.15, 0.2) is 17.1 Å². The molecule has 32 heavy (non-hydrogen) atoms. The standard InChI is InChI=1S/C24H24N4O3S/c1-14(2)28-23-18(11-25-28)17(10-19(26-23)22-8-5-15(3)32-22)24(29)27(4)12-16-6-7-20-21(9-16)31-13-30-20/h5-11,14H,12-13H2,1-4H3. The van der Waals surface area contributed by atoms with Crippen LogP contribution in [0.5, 0.6) is 11.5 Å². The zero-order chi connectivity index (χ0) is 22.4. The van der Waals surface area contributed by atoms with Gasteiger partial charge in [-0.15, -0.1) is 11.3 Å². The van der Waals surface area contributed by atoms with Gasteiger partial charge in [-0.25, -0.2) is 9.67 Å². The number of carbonyl (C=O) groups excluding carboxylic acids is 1. The number of rotatable bonds is 5. The maximum atomic E-state index is 13.6. The van der Waals surface area contributed by atoms with Crippen LogP contribution >= 0.6 is 11.3 Å². The van der Waals surface area contributed by atoms with Crippen LogP contribution in [0.2, 0.25) is 0 Å². The molecule has 0 saturated heterocycles. The van der Waals surface area contributed by atoms with Gasteiger partial charge in [0.05, 0.1) is 27.7 Å². The second kappa shape index (κ2) is 7.94. The molecule has 0 unspecified atom stereocenters. The van der Waals surface area contributed by atoms with Crippen molar-refractivity contribution in [2.75, 3.05) is 13.8 Å². The molecule has 164 valence electrons. The summed E-state index contributed by atoms with van der Waals surface area (Å²) in [7, 11) is 1.81. The molecule has 0 radical (unpaired) electrons. The lowest BCUT2D eigenvalue weighted by molar-refractivity contribution is 0.0787. The normalized spacial score (nSPS) is 12.7. The number of aryl methyl sites for hydroxylation is 1. The van der Waals surface area contributed by atoms with Gasteiger partial charge in [-0.2, -0.15) is 5.10 Å². The molecule has 0 bridgehead atoms. The van der Waals surface area contributed by atoms with Crippen LogP contribution in [0.3, 0.4) is 0 Å². The van der Waals surface area contributed by atoms with E-state index < -0.39 is 0 Å². The molecule has 4 aromatic rings. The number of ether oxygens (including phenoxy) is 2. The Morgan fingerprint density at radius 3 is 2.75 bits per heavy atom. The lowest BCUT2D eigenvalue weighted by Crippen LogP contribution is -2.26. The molecular formula is C24H24N4O3S. The Bertz CT molecular complexity index is 1320. The third-order valence-electron chi connectivity index (χ3n) is 5.48. The molecule has 3 aromatic heterocycles. The summed E-state index contributed by atoms with van der Waals surface area (Å²) in [5, 5.41) is 5.28. The molecular weight excluding hydrogens is 424 g/mol. The summed E-state index contributed by atoms with van der Waals surface area (Å²) in [6.45, 7) is 6.86. The summed E-state index contributed by atoms with van der Waals surface area (Å²) in [5.74, 6) is 1.37. The van der Waals surface area contributed by atoms with Crippen molar-refractivity contribution in [1.82, 2.24) is 19.7 Å². The first-order valence-corrected chi connectivity index (χ1v) is 11.3. The van der Waals surface area contributed by atoms with Crippen molar-refractivity contribution in [3.8, 4) is 22.1 Å². The van der Waals surface area contributed by atoms with Crippen LogP contribution in [0, 0.1) is 6.92 Å². The minimum absolute atomic E-state index is 0.0760. The highest BCUT2D eigenvalue weighted by molar-refractivity contribution is 7.15. The summed E-state index contributed by atoms with van der Waals surface area (Å²) in [6.07, 6.45) is 1.74. The van der Waals surface area contributed by atoms with E-state index in [-0.39, 0.29) is 18.7 Å². The predicted octanol–water partition coefficient (Wildman–Crippen LogP) is 5.05. The van der Waals surface area contributed by atoms with Crippen LogP contribution in [0.1, 0.15) is 40.7 Å². The van der Waals surface area contributed by atoms with Gasteiger partial charge in [0.1, 0.15) is 0 Å². The van der Waals surface area contributed by atoms with Gasteiger partial charge in [-0.05, 0) is 56.7 Å². The minimum Gasteiger partial charge on any atom is -0.454 e. The van der Waals surface area contributed by atoms with E-state index in [1.807, 2.05) is 28.9 Å². The van der Waals surface area contributed by atoms with Gasteiger partial charge < -0.3 is 14.4 Å². The number of thiophene rings is 1. The average Bonchev–Trinajstić information content (AvgIpc) is 3.51. The second-order valence-electron chi connectivity index (χ2n) is 8.23. The van der Waals surface area contributed by atoms with E-state index in [2.05, 4.69) is 38.0 Å². The van der Waals surface area contributed by atoms with Crippen LogP contribution in [-0.4, -0.2) is 39.4 Å². The first-order chi connectivity index (χ1) is 15.4. The summed E-state index contributed by atoms with van der Waals surface area (Å²) >= 11 is 1.67. The van der Waals surface area contributed by atoms with E-state index in [0.29, 0.717) is 17.9 Å². The predicted molar refractivity (Wildman–Crippen MR) is 124 cm³/mol. The van der Waals surface area contributed by atoms with Gasteiger partial charge in [0, 0.05) is 24.5 Å². The van der Waals surface area contributed by atoms with Gasteiger partial charge in [0.2, 0.25) is 6.79 Å². The molecule has 0 fully saturated rings. The largest absolute Gasteiger partial charge is 0.454 e. The topological polar surface area (TPSA) is 69.5 Å². The maximum Gasteiger partial charge on any atom is 0.254 e. The van der Waals surface area contributed by atoms with Crippen molar-refractivity contribution in [3.05, 3.63) is 58.6 Å². The number of nitrogens with zero attached hydrogens (tertiary/aromatic N) is 4. The molecule has 0 atom stereocenters. The molecule has 7 nitrogen and oxygen atoms in total. The fraction of sp³-hybridized carbons (Fsp3) is 0.292. The molecule has 5 rings (SSSR count). The summed E-state index contributed by atoms with van der Waals surface area (Å²) in [6, 6.07) is 11.9. The van der Waals surface area contributed by atoms with E-state index in [1.54, 1.807) is 29.5 Å². The van der Waals surface area contributed by atoms with Crippen molar-refractivity contribution < 1.29 is 14.3 Å². The van der Waals surface area contributed by atoms with E-state index in [4.69, 9.17) is 14.5 Å². The zero-order valence-electron chi connectivity index (χ0n) is 18.5. The van der Waals surface area contributed by atoms with E-state index >= 15 is 0 Å². The Morgan fingerprint density at radius 2 is 2.00 bits per heavy atom. The number of aromatic nitrogens is 3. The van der Waals surface area contributed by atoms with Crippen LogP contribution in [-0.2, 0) is 6.54 Å². The maximum absolute atomic E-state index is 13.6. The van der Waals surface area contributed by atoms with Crippen molar-refractivity contribution >= 4 is 28.3 Å². The Balaban J connectivity index is 1.53. The number of hydrogen-bond acceptors (Lipinski definition) is 6. The van der Waals surface area contributed by atoms with Crippen molar-refractivity contribution in [1.29, 1.82) is 0 Å². The molecule has 8 heteroatoms. The molecule has 1 aliphatic rings. The Labute approximate surface area is 190 Å². The SMILES string of the molecule is Cc1ccc(-c2cc(C(=O)N(C)Cc3ccc4c(c3)OCO4)c3cnn(C(C)C)c3n2)s1. The number of carbonyl (C=O) groups is 1. The Morgan fingerprint density at radius 1 is 1.19 bits per heavy atom. The zero-order valence-corrected chi connectivity index (χ0v) is 19.3. The first-order valence-electron chi connectivity index (χ1n) is 10.5. The van der Waals surface area contributed by atoms with Gasteiger partial charge in [-0.3, -0.25) is 4.79 Å². The number of fused-ring (bicyclic) bond motifs is 2. The van der Waals surface area contributed by atoms with Crippen LogP contribution in [0.4, 0.5) is 0 Å². The number of amides is 1. The molecule has 0 aliphatic carbocycles. The molecule has 4 heterocycles. The second-order valence-corrected chi connectivity index (χ2v) is 9.52. The first kappa shape index (κ1) is 20.5. The quantitative estimate of drug-likeness (QED) is 0.427. The van der Waals surface area contributed by atoms with E-state index in [9.17, 15) is 4.79 Å². The van der Waals surface area contributed by atoms with Gasteiger partial charge in [0.25, 0.3) is 5.91 Å². The van der Waals surface area contributed by atoms with E-state index in [1.165, 1.54) is 4.88 Å². The summed E-state index contributed by atoms with van der Waals surface area (Å²) in [4.78, 5) is 22.4. The van der Waals surface area contributed by atoms with Crippen LogP contribution in [0.15, 0.2) is 42.6 Å².